The summed E-state index contributed by atoms with van der Waals surface area (Å²) in [7, 11) is 1.77. The molecule has 1 aromatic carbocycles. The molecular formula is C14H19NO3. The first kappa shape index (κ1) is 11.8. The van der Waals surface area contributed by atoms with Gasteiger partial charge in [-0.3, -0.25) is 0 Å². The summed E-state index contributed by atoms with van der Waals surface area (Å²) in [5, 5.41) is 3.50. The molecule has 1 N–H and O–H groups in total. The van der Waals surface area contributed by atoms with Crippen molar-refractivity contribution in [3.8, 4) is 11.5 Å². The molecule has 1 atom stereocenters. The van der Waals surface area contributed by atoms with Crippen LogP contribution in [0.3, 0.4) is 0 Å². The fraction of sp³-hybridized carbons (Fsp3) is 0.571. The average molecular weight is 249 g/mol. The first-order valence-corrected chi connectivity index (χ1v) is 6.50. The first-order valence-electron chi connectivity index (χ1n) is 6.50. The Kier molecular flexibility index (Phi) is 3.39. The minimum absolute atomic E-state index is 0.0986. The van der Waals surface area contributed by atoms with E-state index in [9.17, 15) is 0 Å². The van der Waals surface area contributed by atoms with E-state index < -0.39 is 0 Å². The predicted molar refractivity (Wildman–Crippen MR) is 68.2 cm³/mol. The molecule has 18 heavy (non-hydrogen) atoms. The molecule has 0 bridgehead atoms. The van der Waals surface area contributed by atoms with E-state index in [0.29, 0.717) is 18.8 Å². The zero-order valence-corrected chi connectivity index (χ0v) is 10.6. The largest absolute Gasteiger partial charge is 0.486 e. The Labute approximate surface area is 107 Å². The highest BCUT2D eigenvalue weighted by Crippen LogP contribution is 2.31. The monoisotopic (exact) mass is 249 g/mol. The number of benzene rings is 1. The van der Waals surface area contributed by atoms with Crippen molar-refractivity contribution in [1.29, 1.82) is 0 Å². The number of nitrogens with one attached hydrogen (secondary N) is 1. The van der Waals surface area contributed by atoms with Gasteiger partial charge in [-0.25, -0.2) is 0 Å². The molecule has 1 aliphatic carbocycles. The van der Waals surface area contributed by atoms with Crippen LogP contribution in [0.1, 0.15) is 12.8 Å². The van der Waals surface area contributed by atoms with Crippen molar-refractivity contribution in [2.45, 2.75) is 31.1 Å². The van der Waals surface area contributed by atoms with Gasteiger partial charge in [-0.15, -0.1) is 0 Å². The summed E-state index contributed by atoms with van der Waals surface area (Å²) in [6.45, 7) is 1.44. The van der Waals surface area contributed by atoms with Crippen LogP contribution in [0.4, 0.5) is 0 Å². The second kappa shape index (κ2) is 5.16. The smallest absolute Gasteiger partial charge is 0.161 e. The Morgan fingerprint density at radius 2 is 2.06 bits per heavy atom. The zero-order chi connectivity index (χ0) is 12.4. The number of methoxy groups -OCH3 is 1. The molecular weight excluding hydrogens is 230 g/mol. The summed E-state index contributed by atoms with van der Waals surface area (Å²) in [4.78, 5) is 0. The lowest BCUT2D eigenvalue weighted by Crippen LogP contribution is -2.49. The third-order valence-electron chi connectivity index (χ3n) is 3.63. The van der Waals surface area contributed by atoms with Crippen LogP contribution in [0.15, 0.2) is 24.3 Å². The lowest BCUT2D eigenvalue weighted by Gasteiger charge is -2.36. The van der Waals surface area contributed by atoms with Crippen LogP contribution in [0.5, 0.6) is 11.5 Å². The number of hydrogen-bond acceptors (Lipinski definition) is 4. The van der Waals surface area contributed by atoms with Crippen LogP contribution in [0.25, 0.3) is 0 Å². The first-order chi connectivity index (χ1) is 8.85. The third kappa shape index (κ3) is 2.44. The highest BCUT2D eigenvalue weighted by atomic mass is 16.6. The van der Waals surface area contributed by atoms with Crippen LogP contribution in [0.2, 0.25) is 0 Å². The molecule has 3 rings (SSSR count). The third-order valence-corrected chi connectivity index (χ3v) is 3.63. The Bertz CT molecular complexity index is 404. The van der Waals surface area contributed by atoms with Gasteiger partial charge in [0.05, 0.1) is 6.10 Å². The van der Waals surface area contributed by atoms with Crippen molar-refractivity contribution in [1.82, 2.24) is 5.32 Å². The fourth-order valence-corrected chi connectivity index (χ4v) is 2.39. The van der Waals surface area contributed by atoms with E-state index in [-0.39, 0.29) is 6.10 Å². The standard InChI is InChI=1S/C14H19NO3/c1-16-11-6-10(7-11)15-8-12-9-17-13-4-2-3-5-14(13)18-12/h2-5,10-12,15H,6-9H2,1H3. The van der Waals surface area contributed by atoms with E-state index in [1.165, 1.54) is 0 Å². The Balaban J connectivity index is 1.46. The molecule has 1 unspecified atom stereocenters. The normalized spacial score (nSPS) is 29.7. The summed E-state index contributed by atoms with van der Waals surface area (Å²) in [5.74, 6) is 1.69. The molecule has 0 aromatic heterocycles. The number of hydrogen-bond donors (Lipinski definition) is 1. The van der Waals surface area contributed by atoms with E-state index in [4.69, 9.17) is 14.2 Å². The molecule has 4 nitrogen and oxygen atoms in total. The van der Waals surface area contributed by atoms with Gasteiger partial charge in [0.1, 0.15) is 12.7 Å². The van der Waals surface area contributed by atoms with Gasteiger partial charge >= 0.3 is 0 Å². The van der Waals surface area contributed by atoms with Crippen LogP contribution < -0.4 is 14.8 Å². The van der Waals surface area contributed by atoms with E-state index in [1.54, 1.807) is 7.11 Å². The van der Waals surface area contributed by atoms with Crippen molar-refractivity contribution >= 4 is 0 Å². The van der Waals surface area contributed by atoms with Gasteiger partial charge in [-0.2, -0.15) is 0 Å². The number of fused-ring (bicyclic) bond motifs is 1. The van der Waals surface area contributed by atoms with Gasteiger partial charge in [0.2, 0.25) is 0 Å². The number of para-hydroxylation sites is 2. The average Bonchev–Trinajstić information content (AvgIpc) is 2.37. The Morgan fingerprint density at radius 1 is 1.28 bits per heavy atom. The SMILES string of the molecule is COC1CC(NCC2COc3ccccc3O2)C1. The van der Waals surface area contributed by atoms with Crippen molar-refractivity contribution < 1.29 is 14.2 Å². The summed E-state index contributed by atoms with van der Waals surface area (Å²) in [5.41, 5.74) is 0. The molecule has 4 heteroatoms. The maximum atomic E-state index is 5.89. The predicted octanol–water partition coefficient (Wildman–Crippen LogP) is 1.59. The quantitative estimate of drug-likeness (QED) is 0.879. The number of ether oxygens (including phenoxy) is 3. The molecule has 2 aliphatic rings. The lowest BCUT2D eigenvalue weighted by atomic mass is 9.89. The molecule has 1 fully saturated rings. The molecule has 0 spiro atoms. The van der Waals surface area contributed by atoms with Crippen LogP contribution in [-0.2, 0) is 4.74 Å². The molecule has 1 heterocycles. The highest BCUT2D eigenvalue weighted by molar-refractivity contribution is 5.40. The lowest BCUT2D eigenvalue weighted by molar-refractivity contribution is 0.0113. The summed E-state index contributed by atoms with van der Waals surface area (Å²) in [6.07, 6.45) is 2.73. The molecule has 0 amide bonds. The van der Waals surface area contributed by atoms with E-state index in [1.807, 2.05) is 24.3 Å². The van der Waals surface area contributed by atoms with Crippen LogP contribution >= 0.6 is 0 Å². The second-order valence-electron chi connectivity index (χ2n) is 4.93. The molecule has 98 valence electrons. The van der Waals surface area contributed by atoms with Gasteiger partial charge in [0, 0.05) is 19.7 Å². The summed E-state index contributed by atoms with van der Waals surface area (Å²) in [6, 6.07) is 8.38. The Hall–Kier alpha value is -1.26. The van der Waals surface area contributed by atoms with E-state index in [0.717, 1.165) is 30.9 Å². The molecule has 0 radical (unpaired) electrons. The van der Waals surface area contributed by atoms with Gasteiger partial charge in [-0.05, 0) is 25.0 Å². The second-order valence-corrected chi connectivity index (χ2v) is 4.93. The topological polar surface area (TPSA) is 39.7 Å². The zero-order valence-electron chi connectivity index (χ0n) is 10.6. The van der Waals surface area contributed by atoms with Gasteiger partial charge in [-0.1, -0.05) is 12.1 Å². The van der Waals surface area contributed by atoms with Gasteiger partial charge < -0.3 is 19.5 Å². The van der Waals surface area contributed by atoms with Crippen LogP contribution in [-0.4, -0.2) is 38.5 Å². The van der Waals surface area contributed by atoms with E-state index in [2.05, 4.69) is 5.32 Å². The minimum atomic E-state index is 0.0986. The van der Waals surface area contributed by atoms with Crippen molar-refractivity contribution in [3.05, 3.63) is 24.3 Å². The summed E-state index contributed by atoms with van der Waals surface area (Å²) < 4.78 is 16.8. The molecule has 0 saturated heterocycles. The maximum Gasteiger partial charge on any atom is 0.161 e. The fourth-order valence-electron chi connectivity index (χ4n) is 2.39. The van der Waals surface area contributed by atoms with Crippen molar-refractivity contribution in [2.24, 2.45) is 0 Å². The van der Waals surface area contributed by atoms with Crippen molar-refractivity contribution in [2.75, 3.05) is 20.3 Å². The summed E-state index contributed by atoms with van der Waals surface area (Å²) >= 11 is 0. The molecule has 1 saturated carbocycles. The highest BCUT2D eigenvalue weighted by Gasteiger charge is 2.30. The molecule has 1 aliphatic heterocycles. The van der Waals surface area contributed by atoms with Crippen molar-refractivity contribution in [3.63, 3.8) is 0 Å². The van der Waals surface area contributed by atoms with E-state index >= 15 is 0 Å². The van der Waals surface area contributed by atoms with Gasteiger partial charge in [0.15, 0.2) is 11.5 Å². The minimum Gasteiger partial charge on any atom is -0.486 e. The number of rotatable bonds is 4. The van der Waals surface area contributed by atoms with Crippen LogP contribution in [0, 0.1) is 0 Å². The van der Waals surface area contributed by atoms with Gasteiger partial charge in [0.25, 0.3) is 0 Å². The maximum absolute atomic E-state index is 5.89. The Morgan fingerprint density at radius 3 is 2.83 bits per heavy atom. The molecule has 1 aromatic rings.